The molecule has 0 radical (unpaired) electrons. The Kier molecular flexibility index (Phi) is 12.1. The standard InChI is InChI=1S/C46H46FN9O6/c1-4-10-35(53-45(59)61-2)43(57)55-21-8-13-38(55)41-48-25-36(51-41)29-16-19-33-28(23-29)17-20-34(50-33)31-18-15-30(24-32(31)47)37-26-49-42(52-37)39-14-9-22-56(39)44(58)40(54-46(60)62-3)27-11-6-5-7-12-27/h4-7,11-12,15-20,23-26,35,38-40H,1,8-10,13-14,21-22H2,2-3H3,(H,48,51)(H,49,52)(H,53,59)(H,54,60). The van der Waals surface area contributed by atoms with Gasteiger partial charge in [0.25, 0.3) is 5.91 Å². The van der Waals surface area contributed by atoms with E-state index in [0.717, 1.165) is 35.9 Å². The molecule has 16 heteroatoms. The van der Waals surface area contributed by atoms with Gasteiger partial charge in [-0.15, -0.1) is 6.58 Å². The first-order chi connectivity index (χ1) is 30.1. The van der Waals surface area contributed by atoms with E-state index in [2.05, 4.69) is 37.1 Å². The van der Waals surface area contributed by atoms with Crippen molar-refractivity contribution in [2.45, 2.75) is 56.3 Å². The van der Waals surface area contributed by atoms with Gasteiger partial charge in [0.1, 0.15) is 29.5 Å². The number of fused-ring (bicyclic) bond motifs is 1. The molecule has 4 N–H and O–H groups in total. The van der Waals surface area contributed by atoms with Crippen molar-refractivity contribution >= 4 is 34.9 Å². The average molecular weight is 840 g/mol. The van der Waals surface area contributed by atoms with Crippen LogP contribution in [-0.4, -0.2) is 92.1 Å². The van der Waals surface area contributed by atoms with Crippen molar-refractivity contribution < 1.29 is 33.0 Å². The van der Waals surface area contributed by atoms with Crippen LogP contribution in [0.25, 0.3) is 44.7 Å². The molecule has 0 spiro atoms. The summed E-state index contributed by atoms with van der Waals surface area (Å²) < 4.78 is 25.4. The molecule has 2 aliphatic rings. The second-order valence-corrected chi connectivity index (χ2v) is 15.2. The third-order valence-corrected chi connectivity index (χ3v) is 11.5. The highest BCUT2D eigenvalue weighted by Crippen LogP contribution is 2.36. The Morgan fingerprint density at radius 1 is 0.806 bits per heavy atom. The summed E-state index contributed by atoms with van der Waals surface area (Å²) in [5, 5.41) is 6.13. The fraction of sp³-hybridized carbons (Fsp3) is 0.283. The molecule has 62 heavy (non-hydrogen) atoms. The van der Waals surface area contributed by atoms with Crippen molar-refractivity contribution in [2.24, 2.45) is 0 Å². The van der Waals surface area contributed by atoms with Gasteiger partial charge in [-0.3, -0.25) is 9.59 Å². The number of pyridine rings is 1. The van der Waals surface area contributed by atoms with Crippen LogP contribution >= 0.6 is 0 Å². The van der Waals surface area contributed by atoms with E-state index in [1.807, 2.05) is 30.3 Å². The normalized spacial score (nSPS) is 17.1. The number of amides is 4. The number of ether oxygens (including phenoxy) is 2. The summed E-state index contributed by atoms with van der Waals surface area (Å²) >= 11 is 0. The highest BCUT2D eigenvalue weighted by molar-refractivity contribution is 5.88. The van der Waals surface area contributed by atoms with E-state index in [-0.39, 0.29) is 30.3 Å². The third-order valence-electron chi connectivity index (χ3n) is 11.5. The number of alkyl carbamates (subject to hydrolysis) is 2. The van der Waals surface area contributed by atoms with Gasteiger partial charge in [0.2, 0.25) is 5.91 Å². The Balaban J connectivity index is 0.959. The maximum atomic E-state index is 15.9. The number of carbonyl (C=O) groups excluding carboxylic acids is 4. The zero-order chi connectivity index (χ0) is 43.3. The zero-order valence-electron chi connectivity index (χ0n) is 34.3. The molecule has 15 nitrogen and oxygen atoms in total. The molecule has 4 unspecified atom stereocenters. The number of aromatic nitrogens is 5. The lowest BCUT2D eigenvalue weighted by atomic mass is 10.0. The molecule has 3 aromatic carbocycles. The van der Waals surface area contributed by atoms with Crippen LogP contribution in [0.1, 0.15) is 67.4 Å². The Morgan fingerprint density at radius 3 is 2.05 bits per heavy atom. The number of rotatable bonds is 12. The molecule has 0 bridgehead atoms. The fourth-order valence-electron chi connectivity index (χ4n) is 8.33. The van der Waals surface area contributed by atoms with E-state index in [4.69, 9.17) is 14.5 Å². The minimum absolute atomic E-state index is 0.225. The van der Waals surface area contributed by atoms with Crippen molar-refractivity contribution in [2.75, 3.05) is 27.3 Å². The first kappa shape index (κ1) is 41.4. The molecular formula is C46H46FN9O6. The van der Waals surface area contributed by atoms with Crippen molar-refractivity contribution in [3.63, 3.8) is 0 Å². The quantitative estimate of drug-likeness (QED) is 0.0903. The van der Waals surface area contributed by atoms with Gasteiger partial charge in [-0.1, -0.05) is 54.6 Å². The van der Waals surface area contributed by atoms with Crippen molar-refractivity contribution in [1.29, 1.82) is 0 Å². The lowest BCUT2D eigenvalue weighted by molar-refractivity contribution is -0.135. The first-order valence-corrected chi connectivity index (χ1v) is 20.4. The lowest BCUT2D eigenvalue weighted by Crippen LogP contribution is -2.48. The van der Waals surface area contributed by atoms with Crippen LogP contribution in [-0.2, 0) is 19.1 Å². The lowest BCUT2D eigenvalue weighted by Gasteiger charge is -2.28. The van der Waals surface area contributed by atoms with Crippen LogP contribution in [0.5, 0.6) is 0 Å². The van der Waals surface area contributed by atoms with Crippen LogP contribution in [0.15, 0.2) is 104 Å². The number of methoxy groups -OCH3 is 2. The number of halogens is 1. The summed E-state index contributed by atoms with van der Waals surface area (Å²) in [5.41, 5.74) is 4.93. The van der Waals surface area contributed by atoms with E-state index in [1.54, 1.807) is 70.7 Å². The number of imidazole rings is 2. The fourth-order valence-corrected chi connectivity index (χ4v) is 8.33. The number of carbonyl (C=O) groups is 4. The second kappa shape index (κ2) is 18.1. The number of nitrogens with one attached hydrogen (secondary N) is 4. The smallest absolute Gasteiger partial charge is 0.407 e. The Hall–Kier alpha value is -7.36. The van der Waals surface area contributed by atoms with Crippen LogP contribution in [0.3, 0.4) is 0 Å². The minimum atomic E-state index is -0.939. The van der Waals surface area contributed by atoms with Crippen LogP contribution in [0.4, 0.5) is 14.0 Å². The molecule has 8 rings (SSSR count). The molecule has 5 heterocycles. The number of aromatic amines is 2. The number of hydrogen-bond acceptors (Lipinski definition) is 9. The van der Waals surface area contributed by atoms with Gasteiger partial charge in [-0.05, 0) is 68.0 Å². The summed E-state index contributed by atoms with van der Waals surface area (Å²) in [7, 11) is 2.51. The number of likely N-dealkylation sites (tertiary alicyclic amines) is 2. The van der Waals surface area contributed by atoms with Gasteiger partial charge in [0.05, 0.1) is 61.3 Å². The molecular weight excluding hydrogens is 794 g/mol. The van der Waals surface area contributed by atoms with Gasteiger partial charge in [0, 0.05) is 35.2 Å². The number of H-pyrrole nitrogens is 2. The highest BCUT2D eigenvalue weighted by atomic mass is 19.1. The predicted octanol–water partition coefficient (Wildman–Crippen LogP) is 7.55. The Bertz CT molecular complexity index is 2630. The topological polar surface area (TPSA) is 188 Å². The molecule has 3 aromatic heterocycles. The monoisotopic (exact) mass is 839 g/mol. The zero-order valence-corrected chi connectivity index (χ0v) is 34.3. The minimum Gasteiger partial charge on any atom is -0.453 e. The van der Waals surface area contributed by atoms with Crippen LogP contribution < -0.4 is 10.6 Å². The van der Waals surface area contributed by atoms with E-state index in [0.29, 0.717) is 64.8 Å². The molecule has 318 valence electrons. The number of hydrogen-bond donors (Lipinski definition) is 4. The van der Waals surface area contributed by atoms with Gasteiger partial charge in [-0.2, -0.15) is 0 Å². The third kappa shape index (κ3) is 8.48. The van der Waals surface area contributed by atoms with E-state index in [9.17, 15) is 19.2 Å². The van der Waals surface area contributed by atoms with Gasteiger partial charge in [0.15, 0.2) is 0 Å². The molecule has 2 saturated heterocycles. The van der Waals surface area contributed by atoms with Crippen molar-refractivity contribution in [3.05, 3.63) is 127 Å². The summed E-state index contributed by atoms with van der Waals surface area (Å²) in [5.74, 6) is 0.258. The van der Waals surface area contributed by atoms with Crippen molar-refractivity contribution in [3.8, 4) is 33.8 Å². The highest BCUT2D eigenvalue weighted by Gasteiger charge is 2.38. The largest absolute Gasteiger partial charge is 0.453 e. The average Bonchev–Trinajstić information content (AvgIpc) is 4.15. The molecule has 2 aliphatic heterocycles. The van der Waals surface area contributed by atoms with Crippen LogP contribution in [0.2, 0.25) is 0 Å². The first-order valence-electron chi connectivity index (χ1n) is 20.4. The van der Waals surface area contributed by atoms with Gasteiger partial charge in [-0.25, -0.2) is 28.9 Å². The number of nitrogens with zero attached hydrogens (tertiary/aromatic N) is 5. The van der Waals surface area contributed by atoms with Crippen LogP contribution in [0, 0.1) is 5.82 Å². The second-order valence-electron chi connectivity index (χ2n) is 15.2. The molecule has 2 fully saturated rings. The summed E-state index contributed by atoms with van der Waals surface area (Å²) in [6.07, 6.45) is 6.76. The maximum absolute atomic E-state index is 15.9. The summed E-state index contributed by atoms with van der Waals surface area (Å²) in [6.45, 7) is 4.74. The number of benzene rings is 3. The van der Waals surface area contributed by atoms with Gasteiger partial charge < -0.3 is 39.9 Å². The molecule has 4 amide bonds. The Labute approximate surface area is 356 Å². The Morgan fingerprint density at radius 2 is 1.42 bits per heavy atom. The molecule has 4 atom stereocenters. The SMILES string of the molecule is C=CCC(NC(=O)OC)C(=O)N1CCCC1c1ncc(-c2ccc3nc(-c4ccc(-c5cnc(C6CCCN6C(=O)C(NC(=O)OC)c6ccccc6)[nH]5)cc4F)ccc3c2)[nH]1. The summed E-state index contributed by atoms with van der Waals surface area (Å²) in [4.78, 5) is 75.7. The van der Waals surface area contributed by atoms with E-state index < -0.39 is 30.1 Å². The van der Waals surface area contributed by atoms with E-state index in [1.165, 1.54) is 20.3 Å². The molecule has 6 aromatic rings. The van der Waals surface area contributed by atoms with Crippen molar-refractivity contribution in [1.82, 2.24) is 45.4 Å². The van der Waals surface area contributed by atoms with Gasteiger partial charge >= 0.3 is 12.2 Å². The molecule has 0 aliphatic carbocycles. The predicted molar refractivity (Wildman–Crippen MR) is 229 cm³/mol. The summed E-state index contributed by atoms with van der Waals surface area (Å²) in [6, 6.07) is 21.0. The van der Waals surface area contributed by atoms with E-state index >= 15 is 4.39 Å². The molecule has 0 saturated carbocycles. The maximum Gasteiger partial charge on any atom is 0.407 e.